The summed E-state index contributed by atoms with van der Waals surface area (Å²) in [6, 6.07) is 8.03. The van der Waals surface area contributed by atoms with Crippen LogP contribution in [0.4, 0.5) is 13.2 Å². The molecule has 5 rings (SSSR count). The number of nitrogens with zero attached hydrogens (tertiary/aromatic N) is 4. The van der Waals surface area contributed by atoms with Crippen molar-refractivity contribution in [1.29, 1.82) is 0 Å². The lowest BCUT2D eigenvalue weighted by atomic mass is 9.62. The van der Waals surface area contributed by atoms with E-state index >= 15 is 0 Å². The molecule has 3 heterocycles. The molecule has 1 atom stereocenters. The number of hydrogen-bond acceptors (Lipinski definition) is 7. The normalized spacial score (nSPS) is 23.9. The van der Waals surface area contributed by atoms with Crippen molar-refractivity contribution in [2.75, 3.05) is 20.1 Å². The van der Waals surface area contributed by atoms with Crippen LogP contribution in [0.25, 0.3) is 11.4 Å². The van der Waals surface area contributed by atoms with E-state index in [9.17, 15) is 18.3 Å². The fourth-order valence-corrected chi connectivity index (χ4v) is 5.98. The van der Waals surface area contributed by atoms with Crippen LogP contribution in [0.1, 0.15) is 61.1 Å². The summed E-state index contributed by atoms with van der Waals surface area (Å²) in [5, 5.41) is 16.5. The minimum atomic E-state index is -4.30. The number of hydrogen-bond donors (Lipinski definition) is 2. The van der Waals surface area contributed by atoms with E-state index in [1.807, 2.05) is 14.0 Å². The Hall–Kier alpha value is -2.82. The fraction of sp³-hybridized carbons (Fsp3) is 0.519. The van der Waals surface area contributed by atoms with Gasteiger partial charge < -0.3 is 20.3 Å². The first-order valence-electron chi connectivity index (χ1n) is 12.6. The van der Waals surface area contributed by atoms with Gasteiger partial charge in [0.2, 0.25) is 11.7 Å². The molecule has 37 heavy (non-hydrogen) atoms. The molecule has 7 nitrogen and oxygen atoms in total. The van der Waals surface area contributed by atoms with Crippen LogP contribution in [0.3, 0.4) is 0 Å². The van der Waals surface area contributed by atoms with Gasteiger partial charge >= 0.3 is 6.18 Å². The first kappa shape index (κ1) is 25.8. The molecule has 0 amide bonds. The summed E-state index contributed by atoms with van der Waals surface area (Å²) in [7, 11) is 1.96. The molecule has 1 unspecified atom stereocenters. The molecule has 2 aromatic heterocycles. The van der Waals surface area contributed by atoms with Crippen LogP contribution in [0, 0.1) is 5.41 Å². The maximum absolute atomic E-state index is 12.9. The Morgan fingerprint density at radius 1 is 1.08 bits per heavy atom. The van der Waals surface area contributed by atoms with Gasteiger partial charge in [-0.2, -0.15) is 18.2 Å². The number of likely N-dealkylation sites (tertiary alicyclic amines) is 1. The molecule has 1 saturated carbocycles. The summed E-state index contributed by atoms with van der Waals surface area (Å²) in [5.74, 6) is 1.14. The van der Waals surface area contributed by atoms with Crippen LogP contribution in [0.5, 0.6) is 0 Å². The quantitative estimate of drug-likeness (QED) is 0.502. The van der Waals surface area contributed by atoms with Gasteiger partial charge in [-0.3, -0.25) is 4.98 Å². The van der Waals surface area contributed by atoms with Crippen molar-refractivity contribution >= 4 is 0 Å². The highest BCUT2D eigenvalue weighted by Crippen LogP contribution is 2.50. The number of rotatable bonds is 6. The predicted octanol–water partition coefficient (Wildman–Crippen LogP) is 4.41. The Labute approximate surface area is 213 Å². The summed E-state index contributed by atoms with van der Waals surface area (Å²) in [6.45, 7) is 3.19. The van der Waals surface area contributed by atoms with E-state index in [0.717, 1.165) is 25.7 Å². The third kappa shape index (κ3) is 5.02. The van der Waals surface area contributed by atoms with Gasteiger partial charge in [-0.15, -0.1) is 0 Å². The molecule has 198 valence electrons. The van der Waals surface area contributed by atoms with Gasteiger partial charge in [-0.05, 0) is 49.9 Å². The van der Waals surface area contributed by atoms with Crippen molar-refractivity contribution in [2.45, 2.75) is 62.8 Å². The molecule has 2 fully saturated rings. The number of pyridine rings is 1. The standard InChI is InChI=1S/C27H32F3N5O2/c1-25(15-35(2)16-25)27(36,20-7-3-17(4-8-20)12-26(28,29)30)21-11-19(13-32-14-21)23-33-24(37-34-23)18-5-9-22(31)10-6-18/h3-4,7-8,11,13-14,18,22,36H,5-6,9-10,12,15-16,31H2,1-2H3/t18-,22-,27?. The van der Waals surface area contributed by atoms with Crippen molar-refractivity contribution < 1.29 is 22.8 Å². The molecule has 1 aliphatic heterocycles. The van der Waals surface area contributed by atoms with E-state index in [1.54, 1.807) is 30.6 Å². The molecule has 0 bridgehead atoms. The lowest BCUT2D eigenvalue weighted by molar-refractivity contribution is -0.128. The van der Waals surface area contributed by atoms with Crippen LogP contribution in [-0.2, 0) is 12.0 Å². The maximum Gasteiger partial charge on any atom is 0.393 e. The van der Waals surface area contributed by atoms with Crippen LogP contribution in [0.2, 0.25) is 0 Å². The van der Waals surface area contributed by atoms with Gasteiger partial charge in [0, 0.05) is 54.0 Å². The third-order valence-electron chi connectivity index (χ3n) is 7.86. The van der Waals surface area contributed by atoms with E-state index in [0.29, 0.717) is 41.5 Å². The van der Waals surface area contributed by atoms with Gasteiger partial charge in [0.05, 0.1) is 6.42 Å². The van der Waals surface area contributed by atoms with E-state index < -0.39 is 23.6 Å². The molecule has 1 aliphatic carbocycles. The molecule has 0 spiro atoms. The zero-order valence-electron chi connectivity index (χ0n) is 21.0. The van der Waals surface area contributed by atoms with Crippen LogP contribution in [0.15, 0.2) is 47.2 Å². The van der Waals surface area contributed by atoms with Crippen LogP contribution >= 0.6 is 0 Å². The summed E-state index contributed by atoms with van der Waals surface area (Å²) in [6.07, 6.45) is 1.54. The Bertz CT molecular complexity index is 1230. The van der Waals surface area contributed by atoms with Crippen molar-refractivity contribution in [3.63, 3.8) is 0 Å². The smallest absolute Gasteiger partial charge is 0.380 e. The second kappa shape index (κ2) is 9.49. The molecule has 3 N–H and O–H groups in total. The second-order valence-corrected chi connectivity index (χ2v) is 11.0. The molecular formula is C27H32F3N5O2. The molecule has 1 aromatic carbocycles. The maximum atomic E-state index is 12.9. The predicted molar refractivity (Wildman–Crippen MR) is 132 cm³/mol. The SMILES string of the molecule is CN1CC(C)(C(O)(c2ccc(CC(F)(F)F)cc2)c2cncc(-c3noc([C@H]4CC[C@H](N)CC4)n3)c2)C1. The van der Waals surface area contributed by atoms with Crippen molar-refractivity contribution in [2.24, 2.45) is 11.1 Å². The number of aliphatic hydroxyl groups is 1. The highest BCUT2D eigenvalue weighted by molar-refractivity contribution is 5.56. The Morgan fingerprint density at radius 2 is 1.76 bits per heavy atom. The number of halogens is 3. The van der Waals surface area contributed by atoms with Crippen LogP contribution < -0.4 is 5.73 Å². The monoisotopic (exact) mass is 515 g/mol. The zero-order chi connectivity index (χ0) is 26.4. The zero-order valence-corrected chi connectivity index (χ0v) is 21.0. The van der Waals surface area contributed by atoms with Gasteiger partial charge in [-0.25, -0.2) is 0 Å². The van der Waals surface area contributed by atoms with Crippen molar-refractivity contribution in [3.05, 3.63) is 65.3 Å². The van der Waals surface area contributed by atoms with Gasteiger partial charge in [0.15, 0.2) is 0 Å². The molecule has 10 heteroatoms. The Kier molecular flexibility index (Phi) is 6.62. The molecule has 1 saturated heterocycles. The van der Waals surface area contributed by atoms with E-state index in [2.05, 4.69) is 20.0 Å². The first-order valence-corrected chi connectivity index (χ1v) is 12.6. The van der Waals surface area contributed by atoms with E-state index in [-0.39, 0.29) is 17.5 Å². The lowest BCUT2D eigenvalue weighted by Crippen LogP contribution is -2.63. The first-order chi connectivity index (χ1) is 17.5. The highest BCUT2D eigenvalue weighted by atomic mass is 19.4. The van der Waals surface area contributed by atoms with Gasteiger partial charge in [-0.1, -0.05) is 36.3 Å². The minimum Gasteiger partial charge on any atom is -0.380 e. The van der Waals surface area contributed by atoms with Gasteiger partial charge in [0.25, 0.3) is 0 Å². The number of alkyl halides is 3. The van der Waals surface area contributed by atoms with E-state index in [1.165, 1.54) is 12.1 Å². The van der Waals surface area contributed by atoms with Crippen molar-refractivity contribution in [3.8, 4) is 11.4 Å². The Balaban J connectivity index is 1.48. The average molecular weight is 516 g/mol. The summed E-state index contributed by atoms with van der Waals surface area (Å²) in [5.41, 5.74) is 5.72. The Morgan fingerprint density at radius 3 is 2.38 bits per heavy atom. The molecule has 2 aliphatic rings. The topological polar surface area (TPSA) is 101 Å². The molecule has 3 aromatic rings. The largest absolute Gasteiger partial charge is 0.393 e. The van der Waals surface area contributed by atoms with E-state index in [4.69, 9.17) is 10.3 Å². The third-order valence-corrected chi connectivity index (χ3v) is 7.86. The molecular weight excluding hydrogens is 483 g/mol. The van der Waals surface area contributed by atoms with Crippen LogP contribution in [-0.4, -0.2) is 57.5 Å². The minimum absolute atomic E-state index is 0.143. The highest BCUT2D eigenvalue weighted by Gasteiger charge is 2.55. The van der Waals surface area contributed by atoms with Crippen molar-refractivity contribution in [1.82, 2.24) is 20.0 Å². The number of aromatic nitrogens is 3. The van der Waals surface area contributed by atoms with Gasteiger partial charge in [0.1, 0.15) is 5.60 Å². The number of nitrogens with two attached hydrogens (primary N) is 1. The fourth-order valence-electron chi connectivity index (χ4n) is 5.98. The summed E-state index contributed by atoms with van der Waals surface area (Å²) < 4.78 is 44.3. The lowest BCUT2D eigenvalue weighted by Gasteiger charge is -2.55. The second-order valence-electron chi connectivity index (χ2n) is 11.0. The molecule has 0 radical (unpaired) electrons. The number of benzene rings is 1. The summed E-state index contributed by atoms with van der Waals surface area (Å²) in [4.78, 5) is 11.1. The average Bonchev–Trinajstić information content (AvgIpc) is 3.33. The summed E-state index contributed by atoms with van der Waals surface area (Å²) >= 11 is 0.